The third-order valence-electron chi connectivity index (χ3n) is 13.8. The van der Waals surface area contributed by atoms with Gasteiger partial charge in [-0.3, -0.25) is 0 Å². The smallest absolute Gasteiger partial charge is 0.164 e. The first-order valence-electron chi connectivity index (χ1n) is 23.3. The summed E-state index contributed by atoms with van der Waals surface area (Å²) in [5, 5.41) is 2.14. The summed E-state index contributed by atoms with van der Waals surface area (Å²) in [7, 11) is 0. The number of hydrogen-bond acceptors (Lipinski definition) is 7. The minimum atomic E-state index is 0.00391. The maximum absolute atomic E-state index is 6.34. The van der Waals surface area contributed by atoms with Gasteiger partial charge < -0.3 is 4.42 Å². The molecular formula is C62H38N6O. The molecule has 0 N–H and O–H groups in total. The van der Waals surface area contributed by atoms with Gasteiger partial charge in [-0.25, -0.2) is 29.9 Å². The summed E-state index contributed by atoms with van der Waals surface area (Å²) in [6, 6.07) is 75.8. The van der Waals surface area contributed by atoms with Gasteiger partial charge in [0.1, 0.15) is 11.2 Å². The highest BCUT2D eigenvalue weighted by Crippen LogP contribution is 2.56. The summed E-state index contributed by atoms with van der Waals surface area (Å²) >= 11 is 0. The Bertz CT molecular complexity index is 3920. The number of benzene rings is 9. The molecule has 0 amide bonds. The van der Waals surface area contributed by atoms with E-state index in [1.807, 2.05) is 97.1 Å². The molecular weight excluding hydrogens is 845 g/mol. The summed E-state index contributed by atoms with van der Waals surface area (Å²) in [4.78, 5) is 31.0. The molecule has 0 aliphatic heterocycles. The lowest BCUT2D eigenvalue weighted by molar-refractivity contribution is 0.669. The van der Waals surface area contributed by atoms with E-state index < -0.39 is 0 Å². The van der Waals surface area contributed by atoms with Crippen molar-refractivity contribution < 1.29 is 4.42 Å². The van der Waals surface area contributed by atoms with Crippen LogP contribution in [-0.4, -0.2) is 29.9 Å². The highest BCUT2D eigenvalue weighted by Gasteiger charge is 2.41. The van der Waals surface area contributed by atoms with Crippen molar-refractivity contribution in [3.05, 3.63) is 252 Å². The van der Waals surface area contributed by atoms with Crippen LogP contribution in [0.3, 0.4) is 0 Å². The van der Waals surface area contributed by atoms with Crippen molar-refractivity contribution in [2.75, 3.05) is 0 Å². The van der Waals surface area contributed by atoms with Crippen LogP contribution in [0.2, 0.25) is 0 Å². The van der Waals surface area contributed by atoms with E-state index >= 15 is 0 Å². The summed E-state index contributed by atoms with van der Waals surface area (Å²) in [6.07, 6.45) is 0. The number of fused-ring (bicyclic) bond motifs is 3. The molecule has 322 valence electrons. The third-order valence-corrected chi connectivity index (χ3v) is 13.8. The molecule has 0 fully saturated rings. The average molecular weight is 883 g/mol. The molecule has 3 aliphatic carbocycles. The quantitative estimate of drug-likeness (QED) is 0.157. The maximum Gasteiger partial charge on any atom is 0.164 e. The van der Waals surface area contributed by atoms with Crippen LogP contribution in [0.25, 0.3) is 101 Å². The van der Waals surface area contributed by atoms with Crippen LogP contribution >= 0.6 is 0 Å². The fraction of sp³-hybridized carbons (Fsp3) is 0.0323. The van der Waals surface area contributed by atoms with E-state index in [4.69, 9.17) is 34.3 Å². The normalized spacial score (nSPS) is 14.4. The average Bonchev–Trinajstić information content (AvgIpc) is 3.82. The van der Waals surface area contributed by atoms with Crippen LogP contribution in [0.5, 0.6) is 0 Å². The van der Waals surface area contributed by atoms with Gasteiger partial charge in [-0.05, 0) is 68.8 Å². The Hall–Kier alpha value is -9.20. The lowest BCUT2D eigenvalue weighted by Gasteiger charge is -2.42. The lowest BCUT2D eigenvalue weighted by atomic mass is 9.61. The lowest BCUT2D eigenvalue weighted by Crippen LogP contribution is -2.27. The molecule has 0 spiro atoms. The van der Waals surface area contributed by atoms with Crippen molar-refractivity contribution in [3.63, 3.8) is 0 Å². The number of furan rings is 1. The van der Waals surface area contributed by atoms with Crippen molar-refractivity contribution in [2.24, 2.45) is 0 Å². The molecule has 9 aromatic carbocycles. The van der Waals surface area contributed by atoms with Gasteiger partial charge in [-0.1, -0.05) is 194 Å². The maximum atomic E-state index is 6.34. The van der Waals surface area contributed by atoms with Gasteiger partial charge in [0.2, 0.25) is 0 Å². The highest BCUT2D eigenvalue weighted by molar-refractivity contribution is 6.13. The van der Waals surface area contributed by atoms with Gasteiger partial charge in [0.15, 0.2) is 34.9 Å². The standard InChI is InChI=1S/C62H38N6O/c1-4-17-37(18-5-1)57-63-58(38-19-6-2-7-20-38)65-60(64-57)40-31-33-46-50(35-40)54-44-24-11-12-25-45(44)55(46)51-36-41(32-34-47(51)54)61-66-59(39-21-8-3-9-22-39)67-62(68-61)48-26-13-10-23-42(48)43-28-16-30-53-56(43)49-27-14-15-29-52(49)69-53/h1-36,54-55H. The van der Waals surface area contributed by atoms with Crippen molar-refractivity contribution in [1.82, 2.24) is 29.9 Å². The Kier molecular flexibility index (Phi) is 8.89. The van der Waals surface area contributed by atoms with E-state index in [1.54, 1.807) is 0 Å². The van der Waals surface area contributed by atoms with E-state index in [-0.39, 0.29) is 11.8 Å². The highest BCUT2D eigenvalue weighted by atomic mass is 16.3. The van der Waals surface area contributed by atoms with Crippen LogP contribution in [-0.2, 0) is 0 Å². The van der Waals surface area contributed by atoms with Gasteiger partial charge >= 0.3 is 0 Å². The van der Waals surface area contributed by atoms with Crippen LogP contribution in [0.4, 0.5) is 0 Å². The predicted molar refractivity (Wildman–Crippen MR) is 273 cm³/mol. The van der Waals surface area contributed by atoms with Crippen molar-refractivity contribution >= 4 is 21.9 Å². The number of rotatable bonds is 7. The van der Waals surface area contributed by atoms with Gasteiger partial charge in [0.25, 0.3) is 0 Å². The van der Waals surface area contributed by atoms with Gasteiger partial charge in [-0.15, -0.1) is 0 Å². The summed E-state index contributed by atoms with van der Waals surface area (Å²) < 4.78 is 6.34. The Morgan fingerprint density at radius 1 is 0.261 bits per heavy atom. The van der Waals surface area contributed by atoms with E-state index in [0.29, 0.717) is 34.9 Å². The first-order chi connectivity index (χ1) is 34.2. The second-order valence-corrected chi connectivity index (χ2v) is 17.7. The molecule has 3 aromatic heterocycles. The Balaban J connectivity index is 0.907. The molecule has 0 saturated heterocycles. The molecule has 7 heteroatoms. The fourth-order valence-corrected chi connectivity index (χ4v) is 10.7. The first-order valence-corrected chi connectivity index (χ1v) is 23.3. The van der Waals surface area contributed by atoms with Crippen LogP contribution in [0.15, 0.2) is 223 Å². The molecule has 3 aliphatic rings. The largest absolute Gasteiger partial charge is 0.456 e. The van der Waals surface area contributed by atoms with Crippen molar-refractivity contribution in [1.29, 1.82) is 0 Å². The van der Waals surface area contributed by atoms with Gasteiger partial charge in [-0.2, -0.15) is 0 Å². The Labute approximate surface area is 397 Å². The molecule has 2 bridgehead atoms. The Morgan fingerprint density at radius 3 is 1.19 bits per heavy atom. The van der Waals surface area contributed by atoms with E-state index in [2.05, 4.69) is 121 Å². The van der Waals surface area contributed by atoms with Gasteiger partial charge in [0, 0.05) is 56.0 Å². The predicted octanol–water partition coefficient (Wildman–Crippen LogP) is 14.6. The zero-order valence-electron chi connectivity index (χ0n) is 37.0. The zero-order chi connectivity index (χ0) is 45.4. The number of hydrogen-bond donors (Lipinski definition) is 0. The second kappa shape index (κ2) is 15.7. The minimum Gasteiger partial charge on any atom is -0.456 e. The summed E-state index contributed by atoms with van der Waals surface area (Å²) in [6.45, 7) is 0. The summed E-state index contributed by atoms with van der Waals surface area (Å²) in [5.74, 6) is 3.78. The zero-order valence-corrected chi connectivity index (χ0v) is 37.0. The molecule has 15 rings (SSSR count). The SMILES string of the molecule is c1ccc(-c2nc(-c3ccccc3)nc(-c3ccc4c(c3)C3c5ccccc5C4c4cc(-c5nc(-c6ccccc6)nc(-c6ccccc6-c6cccc7oc8ccccc8c67)n5)ccc43)n2)cc1. The van der Waals surface area contributed by atoms with E-state index in [0.717, 1.165) is 66.4 Å². The van der Waals surface area contributed by atoms with Crippen molar-refractivity contribution in [2.45, 2.75) is 11.8 Å². The third kappa shape index (κ3) is 6.43. The fourth-order valence-electron chi connectivity index (χ4n) is 10.7. The number of para-hydroxylation sites is 1. The number of nitrogens with zero attached hydrogens (tertiary/aromatic N) is 6. The molecule has 7 nitrogen and oxygen atoms in total. The second-order valence-electron chi connectivity index (χ2n) is 17.7. The number of aromatic nitrogens is 6. The molecule has 2 atom stereocenters. The molecule has 3 heterocycles. The monoisotopic (exact) mass is 882 g/mol. The van der Waals surface area contributed by atoms with E-state index in [9.17, 15) is 0 Å². The van der Waals surface area contributed by atoms with Crippen LogP contribution in [0.1, 0.15) is 45.2 Å². The molecule has 2 unspecified atom stereocenters. The molecule has 0 saturated carbocycles. The molecule has 12 aromatic rings. The van der Waals surface area contributed by atoms with Crippen LogP contribution in [0, 0.1) is 0 Å². The Morgan fingerprint density at radius 2 is 0.652 bits per heavy atom. The topological polar surface area (TPSA) is 90.5 Å². The van der Waals surface area contributed by atoms with Crippen molar-refractivity contribution in [3.8, 4) is 79.5 Å². The first kappa shape index (κ1) is 39.0. The minimum absolute atomic E-state index is 0.00391. The van der Waals surface area contributed by atoms with Gasteiger partial charge in [0.05, 0.1) is 0 Å². The molecule has 0 radical (unpaired) electrons. The molecule has 69 heavy (non-hydrogen) atoms. The van der Waals surface area contributed by atoms with Crippen LogP contribution < -0.4 is 0 Å². The summed E-state index contributed by atoms with van der Waals surface area (Å²) in [5.41, 5.74) is 17.1. The van der Waals surface area contributed by atoms with E-state index in [1.165, 1.54) is 33.4 Å².